The Hall–Kier alpha value is -0.940. The summed E-state index contributed by atoms with van der Waals surface area (Å²) in [7, 11) is 3.65. The molecule has 90 valence electrons. The average Bonchev–Trinajstić information content (AvgIpc) is 2.92. The van der Waals surface area contributed by atoms with Crippen molar-refractivity contribution in [2.24, 2.45) is 12.5 Å². The van der Waals surface area contributed by atoms with Crippen LogP contribution in [0.2, 0.25) is 0 Å². The van der Waals surface area contributed by atoms with Gasteiger partial charge in [0.2, 0.25) is 0 Å². The third kappa shape index (κ3) is 3.02. The van der Waals surface area contributed by atoms with Crippen molar-refractivity contribution in [1.82, 2.24) is 20.3 Å². The first-order chi connectivity index (χ1) is 7.74. The second kappa shape index (κ2) is 4.93. The molecule has 1 aliphatic carbocycles. The van der Waals surface area contributed by atoms with Gasteiger partial charge in [-0.05, 0) is 24.7 Å². The minimum atomic E-state index is 0.498. The molecule has 0 atom stereocenters. The van der Waals surface area contributed by atoms with Gasteiger partial charge >= 0.3 is 0 Å². The fourth-order valence-corrected chi connectivity index (χ4v) is 1.94. The normalized spacial score (nSPS) is 17.6. The van der Waals surface area contributed by atoms with E-state index in [4.69, 9.17) is 4.74 Å². The molecule has 1 fully saturated rings. The van der Waals surface area contributed by atoms with Crippen LogP contribution in [0, 0.1) is 5.41 Å². The van der Waals surface area contributed by atoms with Crippen LogP contribution in [0.1, 0.15) is 25.0 Å². The van der Waals surface area contributed by atoms with E-state index in [2.05, 4.69) is 15.6 Å². The van der Waals surface area contributed by atoms with Gasteiger partial charge in [-0.3, -0.25) is 4.68 Å². The Bertz CT molecular complexity index is 332. The average molecular weight is 224 g/mol. The number of hydrogen-bond donors (Lipinski definition) is 1. The van der Waals surface area contributed by atoms with Gasteiger partial charge in [0.05, 0.1) is 5.69 Å². The van der Waals surface area contributed by atoms with Gasteiger partial charge in [-0.25, -0.2) is 0 Å². The van der Waals surface area contributed by atoms with E-state index in [1.165, 1.54) is 12.8 Å². The van der Waals surface area contributed by atoms with E-state index < -0.39 is 0 Å². The number of aromatic nitrogens is 3. The molecule has 1 aliphatic rings. The second-order valence-corrected chi connectivity index (χ2v) is 4.73. The van der Waals surface area contributed by atoms with E-state index in [0.717, 1.165) is 31.8 Å². The summed E-state index contributed by atoms with van der Waals surface area (Å²) in [6.07, 6.45) is 5.76. The van der Waals surface area contributed by atoms with Gasteiger partial charge < -0.3 is 10.1 Å². The van der Waals surface area contributed by atoms with E-state index in [-0.39, 0.29) is 0 Å². The number of nitrogens with zero attached hydrogens (tertiary/aromatic N) is 3. The predicted octanol–water partition coefficient (Wildman–Crippen LogP) is 0.721. The lowest BCUT2D eigenvalue weighted by Crippen LogP contribution is -2.24. The maximum absolute atomic E-state index is 5.13. The van der Waals surface area contributed by atoms with Gasteiger partial charge in [-0.1, -0.05) is 5.21 Å². The maximum Gasteiger partial charge on any atom is 0.0964 e. The van der Waals surface area contributed by atoms with Gasteiger partial charge in [0, 0.05) is 40.1 Å². The molecule has 0 saturated heterocycles. The highest BCUT2D eigenvalue weighted by Gasteiger charge is 2.41. The van der Waals surface area contributed by atoms with Crippen LogP contribution in [-0.2, 0) is 18.3 Å². The van der Waals surface area contributed by atoms with E-state index >= 15 is 0 Å². The predicted molar refractivity (Wildman–Crippen MR) is 60.9 cm³/mol. The van der Waals surface area contributed by atoms with Gasteiger partial charge in [0.1, 0.15) is 0 Å². The van der Waals surface area contributed by atoms with Crippen molar-refractivity contribution in [2.45, 2.75) is 25.8 Å². The minimum Gasteiger partial charge on any atom is -0.385 e. The first kappa shape index (κ1) is 11.5. The lowest BCUT2D eigenvalue weighted by molar-refractivity contribution is 0.171. The highest BCUT2D eigenvalue weighted by molar-refractivity contribution is 4.96. The summed E-state index contributed by atoms with van der Waals surface area (Å²) in [6.45, 7) is 2.74. The third-order valence-corrected chi connectivity index (χ3v) is 3.25. The Morgan fingerprint density at radius 2 is 2.38 bits per heavy atom. The fourth-order valence-electron chi connectivity index (χ4n) is 1.94. The molecule has 0 aliphatic heterocycles. The standard InChI is InChI=1S/C11H20N4O/c1-15-8-10(13-14-15)7-12-9-11(3-4-11)5-6-16-2/h8,12H,3-7,9H2,1-2H3. The number of nitrogens with one attached hydrogen (secondary N) is 1. The summed E-state index contributed by atoms with van der Waals surface area (Å²) in [5, 5.41) is 11.4. The minimum absolute atomic E-state index is 0.498. The summed E-state index contributed by atoms with van der Waals surface area (Å²) >= 11 is 0. The number of ether oxygens (including phenoxy) is 1. The van der Waals surface area contributed by atoms with Crippen LogP contribution in [0.15, 0.2) is 6.20 Å². The highest BCUT2D eigenvalue weighted by Crippen LogP contribution is 2.48. The molecule has 1 aromatic rings. The second-order valence-electron chi connectivity index (χ2n) is 4.73. The summed E-state index contributed by atoms with van der Waals surface area (Å²) < 4.78 is 6.86. The number of rotatable bonds is 7. The smallest absolute Gasteiger partial charge is 0.0964 e. The molecule has 0 amide bonds. The summed E-state index contributed by atoms with van der Waals surface area (Å²) in [4.78, 5) is 0. The molecule has 0 unspecified atom stereocenters. The van der Waals surface area contributed by atoms with Crippen molar-refractivity contribution in [3.8, 4) is 0 Å². The number of aryl methyl sites for hydroxylation is 1. The van der Waals surface area contributed by atoms with Gasteiger partial charge in [0.25, 0.3) is 0 Å². The van der Waals surface area contributed by atoms with Crippen molar-refractivity contribution in [1.29, 1.82) is 0 Å². The van der Waals surface area contributed by atoms with Crippen molar-refractivity contribution in [3.05, 3.63) is 11.9 Å². The Morgan fingerprint density at radius 3 is 2.94 bits per heavy atom. The zero-order valence-electron chi connectivity index (χ0n) is 10.1. The van der Waals surface area contributed by atoms with Crippen LogP contribution in [0.25, 0.3) is 0 Å². The Labute approximate surface area is 96.2 Å². The molecule has 5 nitrogen and oxygen atoms in total. The Balaban J connectivity index is 1.68. The summed E-state index contributed by atoms with van der Waals surface area (Å²) in [5.74, 6) is 0. The number of hydrogen-bond acceptors (Lipinski definition) is 4. The molecular formula is C11H20N4O. The van der Waals surface area contributed by atoms with Crippen LogP contribution in [0.5, 0.6) is 0 Å². The lowest BCUT2D eigenvalue weighted by Gasteiger charge is -2.14. The van der Waals surface area contributed by atoms with Gasteiger partial charge in [0.15, 0.2) is 0 Å². The van der Waals surface area contributed by atoms with Crippen LogP contribution >= 0.6 is 0 Å². The topological polar surface area (TPSA) is 52.0 Å². The van der Waals surface area contributed by atoms with Crippen LogP contribution in [0.3, 0.4) is 0 Å². The molecule has 0 aromatic carbocycles. The van der Waals surface area contributed by atoms with Gasteiger partial charge in [-0.15, -0.1) is 5.10 Å². The quantitative estimate of drug-likeness (QED) is 0.741. The molecule has 2 rings (SSSR count). The maximum atomic E-state index is 5.13. The van der Waals surface area contributed by atoms with E-state index in [1.54, 1.807) is 11.8 Å². The molecule has 1 N–H and O–H groups in total. The van der Waals surface area contributed by atoms with Crippen LogP contribution in [-0.4, -0.2) is 35.3 Å². The molecule has 16 heavy (non-hydrogen) atoms. The van der Waals surface area contributed by atoms with Crippen molar-refractivity contribution >= 4 is 0 Å². The van der Waals surface area contributed by atoms with Crippen molar-refractivity contribution < 1.29 is 4.74 Å². The lowest BCUT2D eigenvalue weighted by atomic mass is 10.0. The summed E-state index contributed by atoms with van der Waals surface area (Å²) in [6, 6.07) is 0. The molecular weight excluding hydrogens is 204 g/mol. The molecule has 0 spiro atoms. The molecule has 5 heteroatoms. The summed E-state index contributed by atoms with van der Waals surface area (Å²) in [5.41, 5.74) is 1.50. The van der Waals surface area contributed by atoms with E-state index in [9.17, 15) is 0 Å². The number of methoxy groups -OCH3 is 1. The van der Waals surface area contributed by atoms with Crippen molar-refractivity contribution in [2.75, 3.05) is 20.3 Å². The fraction of sp³-hybridized carbons (Fsp3) is 0.818. The first-order valence-corrected chi connectivity index (χ1v) is 5.79. The van der Waals surface area contributed by atoms with Crippen LogP contribution in [0.4, 0.5) is 0 Å². The molecule has 1 heterocycles. The highest BCUT2D eigenvalue weighted by atomic mass is 16.5. The Kier molecular flexibility index (Phi) is 3.56. The van der Waals surface area contributed by atoms with Crippen molar-refractivity contribution in [3.63, 3.8) is 0 Å². The van der Waals surface area contributed by atoms with E-state index in [1.807, 2.05) is 13.2 Å². The van der Waals surface area contributed by atoms with Crippen LogP contribution < -0.4 is 5.32 Å². The Morgan fingerprint density at radius 1 is 1.56 bits per heavy atom. The molecule has 1 saturated carbocycles. The third-order valence-electron chi connectivity index (χ3n) is 3.25. The SMILES string of the molecule is COCCC1(CNCc2cn(C)nn2)CC1. The van der Waals surface area contributed by atoms with E-state index in [0.29, 0.717) is 5.41 Å². The molecule has 0 bridgehead atoms. The molecule has 0 radical (unpaired) electrons. The monoisotopic (exact) mass is 224 g/mol. The molecule has 1 aromatic heterocycles. The largest absolute Gasteiger partial charge is 0.385 e. The zero-order valence-corrected chi connectivity index (χ0v) is 10.1. The zero-order chi connectivity index (χ0) is 11.4. The first-order valence-electron chi connectivity index (χ1n) is 5.79. The van der Waals surface area contributed by atoms with Gasteiger partial charge in [-0.2, -0.15) is 0 Å².